The van der Waals surface area contributed by atoms with Crippen molar-refractivity contribution in [2.75, 3.05) is 12.1 Å². The summed E-state index contributed by atoms with van der Waals surface area (Å²) in [6, 6.07) is 7.68. The Balaban J connectivity index is 1.53. The first-order valence-electron chi connectivity index (χ1n) is 8.50. The van der Waals surface area contributed by atoms with Crippen LogP contribution in [0.5, 0.6) is 11.5 Å². The van der Waals surface area contributed by atoms with Crippen LogP contribution >= 0.6 is 11.3 Å². The van der Waals surface area contributed by atoms with Crippen molar-refractivity contribution in [1.29, 1.82) is 0 Å². The molecule has 4 heterocycles. The minimum absolute atomic E-state index is 0.271. The van der Waals surface area contributed by atoms with E-state index in [0.29, 0.717) is 18.1 Å². The van der Waals surface area contributed by atoms with Gasteiger partial charge in [0.1, 0.15) is 10.6 Å². The number of ether oxygens (including phenoxy) is 2. The number of aryl methyl sites for hydroxylation is 2. The predicted molar refractivity (Wildman–Crippen MR) is 102 cm³/mol. The number of hydrogen-bond acceptors (Lipinski definition) is 8. The molecule has 0 aliphatic carbocycles. The van der Waals surface area contributed by atoms with Gasteiger partial charge in [-0.3, -0.25) is 0 Å². The number of nitrogens with one attached hydrogen (secondary N) is 1. The maximum Gasteiger partial charge on any atom is 0.231 e. The highest BCUT2D eigenvalue weighted by atomic mass is 32.1. The van der Waals surface area contributed by atoms with Crippen LogP contribution in [-0.4, -0.2) is 21.9 Å². The molecule has 0 fully saturated rings. The highest BCUT2D eigenvalue weighted by molar-refractivity contribution is 7.18. The van der Waals surface area contributed by atoms with E-state index in [9.17, 15) is 0 Å². The number of fused-ring (bicyclic) bond motifs is 2. The molecule has 4 aromatic rings. The van der Waals surface area contributed by atoms with E-state index in [2.05, 4.69) is 29.3 Å². The van der Waals surface area contributed by atoms with Crippen molar-refractivity contribution in [2.24, 2.45) is 0 Å². The molecular formula is C19H16N4O3S. The van der Waals surface area contributed by atoms with Crippen molar-refractivity contribution >= 4 is 27.4 Å². The Bertz CT molecular complexity index is 1140. The zero-order chi connectivity index (χ0) is 18.4. The van der Waals surface area contributed by atoms with E-state index in [-0.39, 0.29) is 6.79 Å². The van der Waals surface area contributed by atoms with Gasteiger partial charge in [0.25, 0.3) is 0 Å². The Labute approximate surface area is 159 Å². The fourth-order valence-electron chi connectivity index (χ4n) is 3.06. The summed E-state index contributed by atoms with van der Waals surface area (Å²) in [5, 5.41) is 8.25. The molecule has 27 heavy (non-hydrogen) atoms. The van der Waals surface area contributed by atoms with Gasteiger partial charge in [-0.15, -0.1) is 11.3 Å². The summed E-state index contributed by atoms with van der Waals surface area (Å²) in [5.41, 5.74) is 2.27. The number of hydrogen-bond donors (Lipinski definition) is 1. The molecule has 0 saturated carbocycles. The van der Waals surface area contributed by atoms with Crippen LogP contribution in [-0.2, 0) is 6.54 Å². The zero-order valence-electron chi connectivity index (χ0n) is 14.8. The van der Waals surface area contributed by atoms with Gasteiger partial charge in [0.15, 0.2) is 11.5 Å². The van der Waals surface area contributed by atoms with Crippen molar-refractivity contribution in [3.63, 3.8) is 0 Å². The summed E-state index contributed by atoms with van der Waals surface area (Å²) < 4.78 is 16.1. The molecule has 136 valence electrons. The Morgan fingerprint density at radius 1 is 1.11 bits per heavy atom. The second-order valence-electron chi connectivity index (χ2n) is 6.28. The topological polar surface area (TPSA) is 82.3 Å². The fraction of sp³-hybridized carbons (Fsp3) is 0.211. The Hall–Kier alpha value is -3.13. The van der Waals surface area contributed by atoms with Gasteiger partial charge in [0, 0.05) is 17.5 Å². The molecular weight excluding hydrogens is 364 g/mol. The van der Waals surface area contributed by atoms with Gasteiger partial charge in [-0.25, -0.2) is 9.97 Å². The van der Waals surface area contributed by atoms with E-state index in [1.807, 2.05) is 18.2 Å². The van der Waals surface area contributed by atoms with Gasteiger partial charge in [-0.1, -0.05) is 11.2 Å². The van der Waals surface area contributed by atoms with Gasteiger partial charge >= 0.3 is 0 Å². The highest BCUT2D eigenvalue weighted by Gasteiger charge is 2.18. The molecule has 3 aromatic heterocycles. The van der Waals surface area contributed by atoms with Crippen LogP contribution < -0.4 is 14.8 Å². The number of anilines is 1. The molecule has 8 heteroatoms. The maximum atomic E-state index is 5.46. The third-order valence-corrected chi connectivity index (χ3v) is 5.68. The van der Waals surface area contributed by atoms with Crippen LogP contribution in [0.2, 0.25) is 0 Å². The molecule has 0 saturated heterocycles. The lowest BCUT2D eigenvalue weighted by Gasteiger charge is -2.09. The highest BCUT2D eigenvalue weighted by Crippen LogP contribution is 2.36. The molecule has 1 aromatic carbocycles. The first kappa shape index (κ1) is 16.1. The molecule has 0 spiro atoms. The summed E-state index contributed by atoms with van der Waals surface area (Å²) in [4.78, 5) is 11.5. The monoisotopic (exact) mass is 380 g/mol. The maximum absolute atomic E-state index is 5.46. The molecule has 0 radical (unpaired) electrons. The number of nitrogens with zero attached hydrogens (tertiary/aromatic N) is 3. The van der Waals surface area contributed by atoms with Crippen molar-refractivity contribution in [2.45, 2.75) is 20.4 Å². The van der Waals surface area contributed by atoms with Crippen molar-refractivity contribution in [3.8, 4) is 23.1 Å². The van der Waals surface area contributed by atoms with Gasteiger partial charge in [0.05, 0.1) is 11.6 Å². The predicted octanol–water partition coefficient (Wildman–Crippen LogP) is 4.30. The summed E-state index contributed by atoms with van der Waals surface area (Å²) >= 11 is 1.65. The van der Waals surface area contributed by atoms with E-state index in [1.54, 1.807) is 23.6 Å². The second kappa shape index (κ2) is 6.24. The van der Waals surface area contributed by atoms with E-state index < -0.39 is 0 Å². The van der Waals surface area contributed by atoms with E-state index in [4.69, 9.17) is 19.0 Å². The fourth-order valence-corrected chi connectivity index (χ4v) is 4.08. The number of benzene rings is 1. The van der Waals surface area contributed by atoms with Crippen molar-refractivity contribution < 1.29 is 14.0 Å². The van der Waals surface area contributed by atoms with Crippen LogP contribution in [0.4, 0.5) is 5.82 Å². The number of rotatable bonds is 4. The summed E-state index contributed by atoms with van der Waals surface area (Å²) in [6.07, 6.45) is 1.59. The second-order valence-corrected chi connectivity index (χ2v) is 7.48. The lowest BCUT2D eigenvalue weighted by atomic mass is 10.2. The third kappa shape index (κ3) is 2.78. The normalized spacial score (nSPS) is 12.7. The minimum Gasteiger partial charge on any atom is -0.454 e. The van der Waals surface area contributed by atoms with E-state index in [1.165, 1.54) is 10.4 Å². The van der Waals surface area contributed by atoms with Crippen molar-refractivity contribution in [3.05, 3.63) is 46.5 Å². The molecule has 1 aliphatic heterocycles. The first-order valence-corrected chi connectivity index (χ1v) is 9.32. The average molecular weight is 380 g/mol. The molecule has 0 amide bonds. The summed E-state index contributed by atoms with van der Waals surface area (Å²) in [7, 11) is 0. The van der Waals surface area contributed by atoms with Gasteiger partial charge in [-0.05, 0) is 37.1 Å². The summed E-state index contributed by atoms with van der Waals surface area (Å²) in [5.74, 6) is 3.40. The van der Waals surface area contributed by atoms with Crippen LogP contribution in [0, 0.1) is 13.8 Å². The summed E-state index contributed by atoms with van der Waals surface area (Å²) in [6.45, 7) is 5.06. The van der Waals surface area contributed by atoms with Crippen LogP contribution in [0.25, 0.3) is 21.8 Å². The minimum atomic E-state index is 0.271. The van der Waals surface area contributed by atoms with Gasteiger partial charge in [0.2, 0.25) is 18.4 Å². The van der Waals surface area contributed by atoms with Gasteiger partial charge < -0.3 is 19.3 Å². The molecule has 5 rings (SSSR count). The van der Waals surface area contributed by atoms with E-state index >= 15 is 0 Å². The first-order chi connectivity index (χ1) is 13.2. The zero-order valence-corrected chi connectivity index (χ0v) is 15.6. The van der Waals surface area contributed by atoms with Crippen LogP contribution in [0.1, 0.15) is 16.0 Å². The van der Waals surface area contributed by atoms with Crippen molar-refractivity contribution in [1.82, 2.24) is 15.1 Å². The smallest absolute Gasteiger partial charge is 0.231 e. The van der Waals surface area contributed by atoms with Crippen LogP contribution in [0.3, 0.4) is 0 Å². The van der Waals surface area contributed by atoms with E-state index in [0.717, 1.165) is 33.1 Å². The SMILES string of the molecule is Cc1sc2nc(-c3ccno3)nc(NCc3ccc4c(c3)OCO4)c2c1C. The quantitative estimate of drug-likeness (QED) is 0.565. The Kier molecular flexibility index (Phi) is 3.71. The lowest BCUT2D eigenvalue weighted by molar-refractivity contribution is 0.174. The molecule has 0 atom stereocenters. The third-order valence-electron chi connectivity index (χ3n) is 4.58. The Morgan fingerprint density at radius 3 is 2.85 bits per heavy atom. The number of thiophene rings is 1. The molecule has 1 aliphatic rings. The largest absolute Gasteiger partial charge is 0.454 e. The molecule has 0 bridgehead atoms. The van der Waals surface area contributed by atoms with Crippen LogP contribution in [0.15, 0.2) is 35.0 Å². The molecule has 0 unspecified atom stereocenters. The molecule has 1 N–H and O–H groups in total. The molecule has 7 nitrogen and oxygen atoms in total. The number of aromatic nitrogens is 3. The standard InChI is InChI=1S/C19H16N4O3S/c1-10-11(2)27-19-16(10)18(22-17(23-19)14-5-6-21-26-14)20-8-12-3-4-13-15(7-12)25-9-24-13/h3-7H,8-9H2,1-2H3,(H,20,22,23). The average Bonchev–Trinajstić information content (AvgIpc) is 3.40. The Morgan fingerprint density at radius 2 is 2.00 bits per heavy atom. The van der Waals surface area contributed by atoms with Gasteiger partial charge in [-0.2, -0.15) is 0 Å². The lowest BCUT2D eigenvalue weighted by Crippen LogP contribution is -2.04.